The van der Waals surface area contributed by atoms with Crippen LogP contribution < -0.4 is 15.8 Å². The largest absolute Gasteiger partial charge is 0.496 e. The second kappa shape index (κ2) is 9.36. The maximum Gasteiger partial charge on any atom is 0.254 e. The lowest BCUT2D eigenvalue weighted by Gasteiger charge is -2.22. The number of carbonyl (C=O) groups is 1. The van der Waals surface area contributed by atoms with Crippen molar-refractivity contribution in [2.75, 3.05) is 25.5 Å². The lowest BCUT2D eigenvalue weighted by molar-refractivity contribution is 0.0746. The van der Waals surface area contributed by atoms with E-state index in [2.05, 4.69) is 24.1 Å². The molecule has 6 nitrogen and oxygen atoms in total. The third kappa shape index (κ3) is 4.74. The van der Waals surface area contributed by atoms with Gasteiger partial charge in [-0.05, 0) is 62.6 Å². The van der Waals surface area contributed by atoms with Gasteiger partial charge in [0.1, 0.15) is 11.6 Å². The van der Waals surface area contributed by atoms with Crippen LogP contribution in [0.25, 0.3) is 0 Å². The number of amides is 1. The van der Waals surface area contributed by atoms with Crippen LogP contribution in [0, 0.1) is 24.2 Å². The highest BCUT2D eigenvalue weighted by atomic mass is 16.5. The fourth-order valence-corrected chi connectivity index (χ4v) is 3.69. The van der Waals surface area contributed by atoms with Gasteiger partial charge in [0, 0.05) is 35.5 Å². The Morgan fingerprint density at radius 1 is 1.30 bits per heavy atom. The van der Waals surface area contributed by atoms with Crippen LogP contribution in [0.2, 0.25) is 0 Å². The van der Waals surface area contributed by atoms with Gasteiger partial charge >= 0.3 is 0 Å². The fraction of sp³-hybridized carbons (Fsp3) is 0.333. The summed E-state index contributed by atoms with van der Waals surface area (Å²) in [6.07, 6.45) is 2.15. The number of nitrogens with zero attached hydrogens (tertiary/aromatic N) is 1. The summed E-state index contributed by atoms with van der Waals surface area (Å²) in [5.74, 6) is 6.86. The van der Waals surface area contributed by atoms with Crippen molar-refractivity contribution in [3.63, 3.8) is 0 Å². The zero-order valence-corrected chi connectivity index (χ0v) is 17.7. The molecule has 0 bridgehead atoms. The number of rotatable bonds is 5. The van der Waals surface area contributed by atoms with Gasteiger partial charge in [-0.2, -0.15) is 0 Å². The van der Waals surface area contributed by atoms with Crippen LogP contribution >= 0.6 is 0 Å². The molecule has 1 heterocycles. The summed E-state index contributed by atoms with van der Waals surface area (Å²) < 4.78 is 5.28. The van der Waals surface area contributed by atoms with Gasteiger partial charge in [-0.25, -0.2) is 0 Å². The maximum absolute atomic E-state index is 12.8. The van der Waals surface area contributed by atoms with Gasteiger partial charge in [0.2, 0.25) is 0 Å². The Labute approximate surface area is 177 Å². The number of ether oxygens (including phenoxy) is 1. The van der Waals surface area contributed by atoms with Crippen molar-refractivity contribution in [1.29, 1.82) is 5.41 Å². The predicted molar refractivity (Wildman–Crippen MR) is 120 cm³/mol. The molecule has 30 heavy (non-hydrogen) atoms. The second-order valence-electron chi connectivity index (χ2n) is 7.50. The van der Waals surface area contributed by atoms with E-state index in [-0.39, 0.29) is 11.7 Å². The number of hydrogen-bond donors (Lipinski definition) is 3. The summed E-state index contributed by atoms with van der Waals surface area (Å²) in [6, 6.07) is 11.4. The summed E-state index contributed by atoms with van der Waals surface area (Å²) in [5, 5.41) is 10.8. The number of carbonyl (C=O) groups excluding carboxylic acids is 1. The molecule has 6 heteroatoms. The molecule has 3 rings (SSSR count). The smallest absolute Gasteiger partial charge is 0.254 e. The first-order chi connectivity index (χ1) is 14.4. The van der Waals surface area contributed by atoms with Gasteiger partial charge in [-0.15, -0.1) is 0 Å². The summed E-state index contributed by atoms with van der Waals surface area (Å²) in [4.78, 5) is 14.7. The number of anilines is 1. The number of nitrogen functional groups attached to an aromatic ring is 1. The average molecular weight is 405 g/mol. The van der Waals surface area contributed by atoms with E-state index in [0.717, 1.165) is 41.8 Å². The first-order valence-corrected chi connectivity index (χ1v) is 10.1. The Morgan fingerprint density at radius 3 is 2.70 bits per heavy atom. The highest BCUT2D eigenvalue weighted by molar-refractivity contribution is 5.98. The van der Waals surface area contributed by atoms with E-state index in [4.69, 9.17) is 15.9 Å². The van der Waals surface area contributed by atoms with Gasteiger partial charge in [0.15, 0.2) is 0 Å². The molecule has 4 N–H and O–H groups in total. The number of amidine groups is 1. The minimum Gasteiger partial charge on any atom is -0.496 e. The van der Waals surface area contributed by atoms with Crippen LogP contribution in [-0.4, -0.2) is 42.9 Å². The fourth-order valence-electron chi connectivity index (χ4n) is 3.69. The molecule has 0 saturated carbocycles. The van der Waals surface area contributed by atoms with Crippen molar-refractivity contribution < 1.29 is 9.53 Å². The first-order valence-electron chi connectivity index (χ1n) is 10.1. The van der Waals surface area contributed by atoms with Crippen molar-refractivity contribution in [2.24, 2.45) is 5.73 Å². The SMILES string of the molecule is COc1cc(NCC#Cc2ccc(C(=O)N3CCCC3C)c(C)c2)ccc1C(=N)N. The molecule has 1 unspecified atom stereocenters. The summed E-state index contributed by atoms with van der Waals surface area (Å²) in [6.45, 7) is 5.36. The van der Waals surface area contributed by atoms with Crippen LogP contribution in [0.5, 0.6) is 5.75 Å². The quantitative estimate of drug-likeness (QED) is 0.405. The summed E-state index contributed by atoms with van der Waals surface area (Å²) in [5.41, 5.74) is 9.52. The molecule has 1 atom stereocenters. The van der Waals surface area contributed by atoms with Crippen LogP contribution in [-0.2, 0) is 0 Å². The molecular weight excluding hydrogens is 376 g/mol. The third-order valence-electron chi connectivity index (χ3n) is 5.38. The second-order valence-corrected chi connectivity index (χ2v) is 7.50. The standard InChI is InChI=1S/C24H28N4O2/c1-16-14-18(8-10-20(16)24(29)28-13-5-6-17(28)2)7-4-12-27-19-9-11-21(23(25)26)22(15-19)30-3/h8-11,14-15,17,27H,5-6,12-13H2,1-3H3,(H3,25,26). The maximum atomic E-state index is 12.8. The Kier molecular flexibility index (Phi) is 6.63. The van der Waals surface area contributed by atoms with E-state index in [9.17, 15) is 4.79 Å². The Balaban J connectivity index is 1.64. The zero-order valence-electron chi connectivity index (χ0n) is 17.7. The number of likely N-dealkylation sites (tertiary alicyclic amines) is 1. The average Bonchev–Trinajstić information content (AvgIpc) is 3.16. The number of nitrogens with two attached hydrogens (primary N) is 1. The van der Waals surface area contributed by atoms with E-state index in [1.54, 1.807) is 19.2 Å². The van der Waals surface area contributed by atoms with Crippen molar-refractivity contribution in [2.45, 2.75) is 32.7 Å². The molecule has 0 spiro atoms. The predicted octanol–water partition coefficient (Wildman–Crippen LogP) is 3.38. The molecule has 1 aliphatic heterocycles. The van der Waals surface area contributed by atoms with E-state index < -0.39 is 0 Å². The van der Waals surface area contributed by atoms with E-state index in [0.29, 0.717) is 23.9 Å². The number of hydrogen-bond acceptors (Lipinski definition) is 4. The van der Waals surface area contributed by atoms with Gasteiger partial charge < -0.3 is 20.7 Å². The molecule has 0 radical (unpaired) electrons. The van der Waals surface area contributed by atoms with E-state index >= 15 is 0 Å². The highest BCUT2D eigenvalue weighted by Crippen LogP contribution is 2.23. The number of benzene rings is 2. The molecule has 2 aromatic carbocycles. The minimum atomic E-state index is -0.0327. The van der Waals surface area contributed by atoms with Crippen molar-refractivity contribution >= 4 is 17.4 Å². The van der Waals surface area contributed by atoms with E-state index in [1.165, 1.54) is 0 Å². The molecular formula is C24H28N4O2. The first kappa shape index (κ1) is 21.3. The normalized spacial score (nSPS) is 15.3. The molecule has 0 aromatic heterocycles. The van der Waals surface area contributed by atoms with Crippen molar-refractivity contribution in [1.82, 2.24) is 4.90 Å². The lowest BCUT2D eigenvalue weighted by atomic mass is 10.0. The van der Waals surface area contributed by atoms with E-state index in [1.807, 2.05) is 36.1 Å². The molecule has 1 fully saturated rings. The minimum absolute atomic E-state index is 0.0327. The van der Waals surface area contributed by atoms with Crippen molar-refractivity contribution in [3.8, 4) is 17.6 Å². The Morgan fingerprint density at radius 2 is 2.07 bits per heavy atom. The molecule has 0 aliphatic carbocycles. The van der Waals surface area contributed by atoms with Gasteiger partial charge in [-0.3, -0.25) is 10.2 Å². The topological polar surface area (TPSA) is 91.4 Å². The molecule has 2 aromatic rings. The van der Waals surface area contributed by atoms with Crippen LogP contribution in [0.4, 0.5) is 5.69 Å². The lowest BCUT2D eigenvalue weighted by Crippen LogP contribution is -2.34. The van der Waals surface area contributed by atoms with Gasteiger partial charge in [0.05, 0.1) is 19.2 Å². The van der Waals surface area contributed by atoms with Crippen LogP contribution in [0.1, 0.15) is 46.8 Å². The Bertz CT molecular complexity index is 1020. The number of methoxy groups -OCH3 is 1. The highest BCUT2D eigenvalue weighted by Gasteiger charge is 2.26. The number of aryl methyl sites for hydroxylation is 1. The molecule has 1 saturated heterocycles. The van der Waals surface area contributed by atoms with Crippen LogP contribution in [0.3, 0.4) is 0 Å². The molecule has 1 aliphatic rings. The Hall–Kier alpha value is -3.46. The molecule has 156 valence electrons. The van der Waals surface area contributed by atoms with Gasteiger partial charge in [0.25, 0.3) is 5.91 Å². The van der Waals surface area contributed by atoms with Crippen molar-refractivity contribution in [3.05, 3.63) is 58.7 Å². The molecule has 1 amide bonds. The summed E-state index contributed by atoms with van der Waals surface area (Å²) >= 11 is 0. The summed E-state index contributed by atoms with van der Waals surface area (Å²) in [7, 11) is 1.55. The number of nitrogens with one attached hydrogen (secondary N) is 2. The monoisotopic (exact) mass is 404 g/mol. The van der Waals surface area contributed by atoms with Gasteiger partial charge in [-0.1, -0.05) is 11.8 Å². The van der Waals surface area contributed by atoms with Crippen LogP contribution in [0.15, 0.2) is 36.4 Å². The third-order valence-corrected chi connectivity index (χ3v) is 5.38. The zero-order chi connectivity index (χ0) is 21.7.